The molecule has 25 heavy (non-hydrogen) atoms. The molecule has 0 unspecified atom stereocenters. The summed E-state index contributed by atoms with van der Waals surface area (Å²) in [7, 11) is 0. The van der Waals surface area contributed by atoms with Crippen LogP contribution in [-0.2, 0) is 4.79 Å². The summed E-state index contributed by atoms with van der Waals surface area (Å²) in [6, 6.07) is 0. The second-order valence-electron chi connectivity index (χ2n) is 9.83. The largest absolute Gasteiger partial charge is 0.393 e. The van der Waals surface area contributed by atoms with Gasteiger partial charge in [0.15, 0.2) is 0 Å². The van der Waals surface area contributed by atoms with Gasteiger partial charge in [0.05, 0.1) is 6.10 Å². The molecule has 0 aromatic heterocycles. The summed E-state index contributed by atoms with van der Waals surface area (Å²) in [5, 5.41) is 19.6. The lowest BCUT2D eigenvalue weighted by molar-refractivity contribution is -0.168. The molecule has 2 N–H and O–H groups in total. The number of likely N-dealkylation sites (tertiary alicyclic amines) is 1. The predicted molar refractivity (Wildman–Crippen MR) is 96.8 cm³/mol. The number of fused-ring (bicyclic) bond motifs is 5. The van der Waals surface area contributed by atoms with E-state index in [1.807, 2.05) is 4.90 Å². The molecule has 1 aliphatic heterocycles. The lowest BCUT2D eigenvalue weighted by Gasteiger charge is -2.64. The topological polar surface area (TPSA) is 60.8 Å². The van der Waals surface area contributed by atoms with Gasteiger partial charge >= 0.3 is 0 Å². The highest BCUT2D eigenvalue weighted by atomic mass is 16.3. The number of carbonyl (C=O) groups excluding carboxylic acids is 1. The lowest BCUT2D eigenvalue weighted by atomic mass is 9.45. The first kappa shape index (κ1) is 17.8. The average Bonchev–Trinajstić information content (AvgIpc) is 2.60. The Morgan fingerprint density at radius 3 is 2.64 bits per heavy atom. The maximum absolute atomic E-state index is 12.4. The average molecular weight is 350 g/mol. The third-order valence-electron chi connectivity index (χ3n) is 8.94. The summed E-state index contributed by atoms with van der Waals surface area (Å²) in [6.07, 6.45) is 10.1. The minimum Gasteiger partial charge on any atom is -0.393 e. The quantitative estimate of drug-likeness (QED) is 0.765. The van der Waals surface area contributed by atoms with Crippen LogP contribution in [0.25, 0.3) is 0 Å². The van der Waals surface area contributed by atoms with E-state index in [1.54, 1.807) is 0 Å². The van der Waals surface area contributed by atoms with Crippen molar-refractivity contribution in [2.24, 2.45) is 29.1 Å². The van der Waals surface area contributed by atoms with Crippen molar-refractivity contribution in [1.29, 1.82) is 0 Å². The first-order valence-electron chi connectivity index (χ1n) is 10.5. The van der Waals surface area contributed by atoms with Gasteiger partial charge in [-0.3, -0.25) is 4.79 Å². The number of aliphatic hydroxyl groups excluding tert-OH is 2. The molecular formula is C21H35NO3. The molecule has 0 radical (unpaired) electrons. The minimum atomic E-state index is -0.353. The number of piperidine rings is 1. The zero-order chi connectivity index (χ0) is 17.8. The Morgan fingerprint density at radius 1 is 1.08 bits per heavy atom. The molecule has 4 fully saturated rings. The smallest absolute Gasteiger partial charge is 0.248 e. The van der Waals surface area contributed by atoms with E-state index >= 15 is 0 Å². The predicted octanol–water partition coefficient (Wildman–Crippen LogP) is 2.96. The standard InChI is InChI=1S/C21H35NO3/c1-20-9-7-15(24)12-14(20)5-6-16-17(20)8-10-21(2)18(16)4-3-11-22(21)19(25)13-23/h14-18,23-24H,3-13H2,1-2H3/t14-,15+,16+,17-,18-,20-,21-/m0/s1. The van der Waals surface area contributed by atoms with Gasteiger partial charge in [-0.2, -0.15) is 0 Å². The third kappa shape index (κ3) is 2.58. The first-order valence-corrected chi connectivity index (χ1v) is 10.5. The summed E-state index contributed by atoms with van der Waals surface area (Å²) in [5.74, 6) is 2.65. The molecule has 1 amide bonds. The maximum atomic E-state index is 12.4. The van der Waals surface area contributed by atoms with E-state index < -0.39 is 0 Å². The number of aliphatic hydroxyl groups is 2. The molecule has 1 saturated heterocycles. The van der Waals surface area contributed by atoms with E-state index in [9.17, 15) is 15.0 Å². The summed E-state index contributed by atoms with van der Waals surface area (Å²) in [6.45, 7) is 5.26. The van der Waals surface area contributed by atoms with Gasteiger partial charge in [-0.1, -0.05) is 6.92 Å². The Labute approximate surface area is 152 Å². The van der Waals surface area contributed by atoms with Crippen molar-refractivity contribution in [3.05, 3.63) is 0 Å². The highest BCUT2D eigenvalue weighted by Crippen LogP contribution is 2.63. The van der Waals surface area contributed by atoms with Crippen molar-refractivity contribution in [1.82, 2.24) is 4.90 Å². The van der Waals surface area contributed by atoms with Crippen LogP contribution >= 0.6 is 0 Å². The number of hydrogen-bond acceptors (Lipinski definition) is 3. The molecule has 0 bridgehead atoms. The van der Waals surface area contributed by atoms with Gasteiger partial charge in [0.25, 0.3) is 0 Å². The summed E-state index contributed by atoms with van der Waals surface area (Å²) < 4.78 is 0. The Hall–Kier alpha value is -0.610. The summed E-state index contributed by atoms with van der Waals surface area (Å²) in [4.78, 5) is 14.4. The molecule has 4 nitrogen and oxygen atoms in total. The number of amides is 1. The second-order valence-corrected chi connectivity index (χ2v) is 9.83. The Morgan fingerprint density at radius 2 is 1.88 bits per heavy atom. The van der Waals surface area contributed by atoms with Gasteiger partial charge in [0.1, 0.15) is 6.61 Å². The number of carbonyl (C=O) groups is 1. The van der Waals surface area contributed by atoms with Gasteiger partial charge in [-0.15, -0.1) is 0 Å². The monoisotopic (exact) mass is 349 g/mol. The van der Waals surface area contributed by atoms with Crippen molar-refractivity contribution in [3.8, 4) is 0 Å². The summed E-state index contributed by atoms with van der Waals surface area (Å²) in [5.41, 5.74) is 0.323. The number of nitrogens with zero attached hydrogens (tertiary/aromatic N) is 1. The maximum Gasteiger partial charge on any atom is 0.248 e. The normalized spacial score (nSPS) is 49.8. The summed E-state index contributed by atoms with van der Waals surface area (Å²) >= 11 is 0. The molecular weight excluding hydrogens is 314 g/mol. The van der Waals surface area contributed by atoms with Gasteiger partial charge in [-0.05, 0) is 93.8 Å². The molecule has 142 valence electrons. The van der Waals surface area contributed by atoms with Crippen molar-refractivity contribution in [2.45, 2.75) is 83.3 Å². The van der Waals surface area contributed by atoms with Gasteiger partial charge in [0.2, 0.25) is 5.91 Å². The zero-order valence-corrected chi connectivity index (χ0v) is 15.9. The van der Waals surface area contributed by atoms with E-state index in [1.165, 1.54) is 32.1 Å². The molecule has 4 rings (SSSR count). The number of hydrogen-bond donors (Lipinski definition) is 2. The first-order chi connectivity index (χ1) is 11.9. The van der Waals surface area contributed by atoms with Crippen molar-refractivity contribution >= 4 is 5.91 Å². The SMILES string of the molecule is C[C@]12CC[C@@H](O)C[C@@H]1CC[C@@H]1[C@@H]2CC[C@@]2(C)[C@H]1CCCN2C(=O)CO. The van der Waals surface area contributed by atoms with Crippen LogP contribution in [-0.4, -0.2) is 45.8 Å². The van der Waals surface area contributed by atoms with Crippen LogP contribution < -0.4 is 0 Å². The second kappa shape index (κ2) is 6.23. The minimum absolute atomic E-state index is 0.0589. The van der Waals surface area contributed by atoms with Crippen LogP contribution in [0.1, 0.15) is 71.6 Å². The third-order valence-corrected chi connectivity index (χ3v) is 8.94. The Bertz CT molecular complexity index is 537. The Kier molecular flexibility index (Phi) is 4.43. The van der Waals surface area contributed by atoms with E-state index in [4.69, 9.17) is 0 Å². The van der Waals surface area contributed by atoms with Crippen molar-refractivity contribution in [3.63, 3.8) is 0 Å². The van der Waals surface area contributed by atoms with E-state index in [2.05, 4.69) is 13.8 Å². The molecule has 0 aromatic carbocycles. The highest BCUT2D eigenvalue weighted by Gasteiger charge is 2.59. The van der Waals surface area contributed by atoms with Crippen molar-refractivity contribution in [2.75, 3.05) is 13.2 Å². The van der Waals surface area contributed by atoms with E-state index in [0.717, 1.165) is 38.1 Å². The van der Waals surface area contributed by atoms with Crippen LogP contribution in [0.2, 0.25) is 0 Å². The molecule has 7 atom stereocenters. The lowest BCUT2D eigenvalue weighted by Crippen LogP contribution is -2.65. The fraction of sp³-hybridized carbons (Fsp3) is 0.952. The molecule has 3 aliphatic carbocycles. The Balaban J connectivity index is 1.61. The van der Waals surface area contributed by atoms with Crippen LogP contribution in [0.3, 0.4) is 0 Å². The van der Waals surface area contributed by atoms with Gasteiger partial charge in [0, 0.05) is 12.1 Å². The molecule has 0 spiro atoms. The zero-order valence-electron chi connectivity index (χ0n) is 15.9. The molecule has 3 saturated carbocycles. The van der Waals surface area contributed by atoms with Crippen LogP contribution in [0.4, 0.5) is 0 Å². The van der Waals surface area contributed by atoms with Crippen LogP contribution in [0, 0.1) is 29.1 Å². The molecule has 4 heteroatoms. The van der Waals surface area contributed by atoms with Crippen molar-refractivity contribution < 1.29 is 15.0 Å². The van der Waals surface area contributed by atoms with Crippen LogP contribution in [0.5, 0.6) is 0 Å². The number of rotatable bonds is 1. The highest BCUT2D eigenvalue weighted by molar-refractivity contribution is 5.78. The van der Waals surface area contributed by atoms with Gasteiger partial charge in [-0.25, -0.2) is 0 Å². The fourth-order valence-electron chi connectivity index (χ4n) is 7.62. The van der Waals surface area contributed by atoms with Gasteiger partial charge < -0.3 is 15.1 Å². The molecule has 1 heterocycles. The molecule has 0 aromatic rings. The van der Waals surface area contributed by atoms with E-state index in [0.29, 0.717) is 23.2 Å². The van der Waals surface area contributed by atoms with E-state index in [-0.39, 0.29) is 24.2 Å². The molecule has 4 aliphatic rings. The van der Waals surface area contributed by atoms with Crippen LogP contribution in [0.15, 0.2) is 0 Å². The fourth-order valence-corrected chi connectivity index (χ4v) is 7.62.